The van der Waals surface area contributed by atoms with Gasteiger partial charge in [-0.15, -0.1) is 0 Å². The number of rotatable bonds is 4. The maximum Gasteiger partial charge on any atom is 0.406 e. The van der Waals surface area contributed by atoms with E-state index in [-0.39, 0.29) is 11.4 Å². The van der Waals surface area contributed by atoms with Crippen LogP contribution in [0.2, 0.25) is 0 Å². The second-order valence-corrected chi connectivity index (χ2v) is 8.25. The zero-order chi connectivity index (χ0) is 19.7. The molecule has 0 radical (unpaired) electrons. The lowest BCUT2D eigenvalue weighted by Gasteiger charge is -2.36. The molecule has 0 bridgehead atoms. The van der Waals surface area contributed by atoms with Crippen molar-refractivity contribution in [2.75, 3.05) is 6.54 Å². The summed E-state index contributed by atoms with van der Waals surface area (Å²) in [5, 5.41) is 15.7. The number of fused-ring (bicyclic) bond motifs is 1. The van der Waals surface area contributed by atoms with Gasteiger partial charge < -0.3 is 10.4 Å². The monoisotopic (exact) mass is 398 g/mol. The van der Waals surface area contributed by atoms with E-state index in [1.807, 2.05) is 12.1 Å². The summed E-state index contributed by atoms with van der Waals surface area (Å²) in [6.45, 7) is 0.186. The molecule has 0 spiro atoms. The van der Waals surface area contributed by atoms with Gasteiger partial charge in [-0.25, -0.2) is 17.9 Å². The Kier molecular flexibility index (Phi) is 4.62. The number of amides is 1. The number of aromatic nitrogens is 2. The van der Waals surface area contributed by atoms with E-state index in [9.17, 15) is 18.3 Å². The Balaban J connectivity index is 1.70. The van der Waals surface area contributed by atoms with Gasteiger partial charge in [0.25, 0.3) is 0 Å². The Morgan fingerprint density at radius 1 is 1.11 bits per heavy atom. The van der Waals surface area contributed by atoms with Gasteiger partial charge in [0.15, 0.2) is 0 Å². The van der Waals surface area contributed by atoms with E-state index in [4.69, 9.17) is 0 Å². The van der Waals surface area contributed by atoms with Crippen LogP contribution in [0.25, 0.3) is 5.69 Å². The Hall–Kier alpha value is -3.17. The van der Waals surface area contributed by atoms with E-state index in [1.54, 1.807) is 47.4 Å². The van der Waals surface area contributed by atoms with Crippen molar-refractivity contribution in [2.45, 2.75) is 17.5 Å². The summed E-state index contributed by atoms with van der Waals surface area (Å²) in [6, 6.07) is 15.4. The van der Waals surface area contributed by atoms with Crippen LogP contribution in [-0.4, -0.2) is 40.2 Å². The molecule has 2 N–H and O–H groups in total. The quantitative estimate of drug-likeness (QED) is 0.702. The third kappa shape index (κ3) is 3.25. The predicted octanol–water partition coefficient (Wildman–Crippen LogP) is 2.39. The molecule has 144 valence electrons. The molecule has 0 saturated heterocycles. The second kappa shape index (κ2) is 7.10. The number of nitrogens with one attached hydrogen (secondary N) is 1. The minimum absolute atomic E-state index is 0.0972. The van der Waals surface area contributed by atoms with Crippen molar-refractivity contribution < 1.29 is 18.3 Å². The first kappa shape index (κ1) is 18.2. The summed E-state index contributed by atoms with van der Waals surface area (Å²) in [6.07, 6.45) is 1.66. The third-order valence-electron chi connectivity index (χ3n) is 4.71. The molecule has 1 amide bonds. The smallest absolute Gasteiger partial charge is 0.406 e. The SMILES string of the molecule is O=C(O)N[C@H]1c2ccccc2CCN1S(=O)(=O)c1ccc(-n2cccn2)cc1. The molecule has 8 nitrogen and oxygen atoms in total. The van der Waals surface area contributed by atoms with Crippen LogP contribution >= 0.6 is 0 Å². The average molecular weight is 398 g/mol. The number of hydrogen-bond donors (Lipinski definition) is 2. The molecule has 1 atom stereocenters. The minimum Gasteiger partial charge on any atom is -0.465 e. The van der Waals surface area contributed by atoms with Crippen LogP contribution in [0.1, 0.15) is 17.3 Å². The van der Waals surface area contributed by atoms with Gasteiger partial charge >= 0.3 is 6.09 Å². The van der Waals surface area contributed by atoms with Gasteiger partial charge in [-0.2, -0.15) is 9.40 Å². The number of sulfonamides is 1. The molecule has 2 heterocycles. The largest absolute Gasteiger partial charge is 0.465 e. The van der Waals surface area contributed by atoms with E-state index in [0.29, 0.717) is 12.0 Å². The fraction of sp³-hybridized carbons (Fsp3) is 0.158. The molecule has 3 aromatic rings. The molecule has 1 aliphatic rings. The number of hydrogen-bond acceptors (Lipinski definition) is 4. The average Bonchev–Trinajstić information content (AvgIpc) is 3.22. The van der Waals surface area contributed by atoms with Crippen LogP contribution in [-0.2, 0) is 16.4 Å². The molecule has 0 saturated carbocycles. The Morgan fingerprint density at radius 3 is 2.54 bits per heavy atom. The highest BCUT2D eigenvalue weighted by Crippen LogP contribution is 2.32. The van der Waals surface area contributed by atoms with Crippen molar-refractivity contribution >= 4 is 16.1 Å². The van der Waals surface area contributed by atoms with Gasteiger partial charge in [-0.1, -0.05) is 24.3 Å². The summed E-state index contributed by atoms with van der Waals surface area (Å²) in [7, 11) is -3.91. The first-order chi connectivity index (χ1) is 13.5. The highest BCUT2D eigenvalue weighted by molar-refractivity contribution is 7.89. The van der Waals surface area contributed by atoms with Crippen LogP contribution in [0.3, 0.4) is 0 Å². The van der Waals surface area contributed by atoms with E-state index in [2.05, 4.69) is 10.4 Å². The lowest BCUT2D eigenvalue weighted by Crippen LogP contribution is -2.47. The summed E-state index contributed by atoms with van der Waals surface area (Å²) >= 11 is 0. The normalized spacial score (nSPS) is 17.1. The standard InChI is InChI=1S/C19H18N4O4S/c24-19(25)21-18-17-5-2-1-4-14(17)10-13-23(18)28(26,27)16-8-6-15(7-9-16)22-12-3-11-20-22/h1-9,11-12,18,21H,10,13H2,(H,24,25)/t18-/m1/s1. The molecule has 0 fully saturated rings. The Labute approximate surface area is 162 Å². The molecular weight excluding hydrogens is 380 g/mol. The fourth-order valence-electron chi connectivity index (χ4n) is 3.40. The second-order valence-electron chi connectivity index (χ2n) is 6.36. The van der Waals surface area contributed by atoms with E-state index in [1.165, 1.54) is 16.4 Å². The number of benzene rings is 2. The zero-order valence-corrected chi connectivity index (χ0v) is 15.6. The van der Waals surface area contributed by atoms with Crippen LogP contribution in [0.5, 0.6) is 0 Å². The number of carbonyl (C=O) groups is 1. The summed E-state index contributed by atoms with van der Waals surface area (Å²) < 4.78 is 29.3. The van der Waals surface area contributed by atoms with Crippen molar-refractivity contribution in [2.24, 2.45) is 0 Å². The Morgan fingerprint density at radius 2 is 1.86 bits per heavy atom. The van der Waals surface area contributed by atoms with Gasteiger partial charge in [0.2, 0.25) is 10.0 Å². The molecule has 0 unspecified atom stereocenters. The van der Waals surface area contributed by atoms with Crippen LogP contribution < -0.4 is 5.32 Å². The van der Waals surface area contributed by atoms with Crippen molar-refractivity contribution in [1.82, 2.24) is 19.4 Å². The highest BCUT2D eigenvalue weighted by atomic mass is 32.2. The van der Waals surface area contributed by atoms with Crippen LogP contribution in [0.15, 0.2) is 71.9 Å². The van der Waals surface area contributed by atoms with Crippen molar-refractivity contribution in [3.63, 3.8) is 0 Å². The van der Waals surface area contributed by atoms with E-state index >= 15 is 0 Å². The molecular formula is C19H18N4O4S. The predicted molar refractivity (Wildman–Crippen MR) is 102 cm³/mol. The first-order valence-corrected chi connectivity index (χ1v) is 10.1. The maximum atomic E-state index is 13.3. The summed E-state index contributed by atoms with van der Waals surface area (Å²) in [5.41, 5.74) is 2.31. The Bertz CT molecular complexity index is 1100. The molecule has 4 rings (SSSR count). The van der Waals surface area contributed by atoms with Gasteiger partial charge in [0.1, 0.15) is 6.17 Å². The maximum absolute atomic E-state index is 13.3. The van der Waals surface area contributed by atoms with Crippen molar-refractivity contribution in [1.29, 1.82) is 0 Å². The molecule has 9 heteroatoms. The fourth-order valence-corrected chi connectivity index (χ4v) is 4.92. The van der Waals surface area contributed by atoms with Gasteiger partial charge in [0.05, 0.1) is 10.6 Å². The first-order valence-electron chi connectivity index (χ1n) is 8.66. The molecule has 1 aromatic heterocycles. The zero-order valence-electron chi connectivity index (χ0n) is 14.8. The van der Waals surface area contributed by atoms with Gasteiger partial charge in [-0.3, -0.25) is 0 Å². The highest BCUT2D eigenvalue weighted by Gasteiger charge is 2.37. The van der Waals surface area contributed by atoms with Gasteiger partial charge in [-0.05, 0) is 47.9 Å². The molecule has 2 aromatic carbocycles. The van der Waals surface area contributed by atoms with Crippen LogP contribution in [0.4, 0.5) is 4.79 Å². The lowest BCUT2D eigenvalue weighted by molar-refractivity contribution is 0.173. The van der Waals surface area contributed by atoms with Gasteiger partial charge in [0, 0.05) is 18.9 Å². The number of nitrogens with zero attached hydrogens (tertiary/aromatic N) is 3. The number of carboxylic acid groups (broad SMARTS) is 1. The van der Waals surface area contributed by atoms with Crippen LogP contribution in [0, 0.1) is 0 Å². The lowest BCUT2D eigenvalue weighted by atomic mass is 9.98. The summed E-state index contributed by atoms with van der Waals surface area (Å²) in [4.78, 5) is 11.4. The van der Waals surface area contributed by atoms with Crippen molar-refractivity contribution in [3.8, 4) is 5.69 Å². The van der Waals surface area contributed by atoms with E-state index in [0.717, 1.165) is 11.3 Å². The van der Waals surface area contributed by atoms with E-state index < -0.39 is 22.3 Å². The topological polar surface area (TPSA) is 105 Å². The third-order valence-corrected chi connectivity index (χ3v) is 6.59. The van der Waals surface area contributed by atoms with Crippen molar-refractivity contribution in [3.05, 3.63) is 78.1 Å². The molecule has 1 aliphatic heterocycles. The summed E-state index contributed by atoms with van der Waals surface area (Å²) in [5.74, 6) is 0. The minimum atomic E-state index is -3.91. The molecule has 0 aliphatic carbocycles. The molecule has 28 heavy (non-hydrogen) atoms.